The number of hydrogen-bond donors (Lipinski definition) is 1. The molecule has 1 aromatic rings. The number of nitrogens with one attached hydrogen (secondary N) is 1. The van der Waals surface area contributed by atoms with Gasteiger partial charge < -0.3 is 14.8 Å². The van der Waals surface area contributed by atoms with Crippen LogP contribution in [0.3, 0.4) is 0 Å². The van der Waals surface area contributed by atoms with Crippen LogP contribution in [0.5, 0.6) is 5.75 Å². The van der Waals surface area contributed by atoms with E-state index >= 15 is 0 Å². The van der Waals surface area contributed by atoms with E-state index in [0.717, 1.165) is 12.1 Å². The summed E-state index contributed by atoms with van der Waals surface area (Å²) < 4.78 is 23.7. The Hall–Kier alpha value is -1.13. The first kappa shape index (κ1) is 14.9. The predicted molar refractivity (Wildman–Crippen MR) is 70.5 cm³/mol. The highest BCUT2D eigenvalue weighted by Crippen LogP contribution is 2.22. The second-order valence-corrected chi connectivity index (χ2v) is 4.29. The lowest BCUT2D eigenvalue weighted by atomic mass is 10.1. The predicted octanol–water partition coefficient (Wildman–Crippen LogP) is 2.91. The van der Waals surface area contributed by atoms with Crippen LogP contribution in [0.15, 0.2) is 18.2 Å². The van der Waals surface area contributed by atoms with Crippen molar-refractivity contribution in [3.8, 4) is 5.75 Å². The molecule has 2 unspecified atom stereocenters. The molecule has 0 saturated heterocycles. The minimum atomic E-state index is -0.337. The van der Waals surface area contributed by atoms with Crippen LogP contribution < -0.4 is 10.1 Å². The molecule has 4 heteroatoms. The van der Waals surface area contributed by atoms with E-state index in [1.807, 2.05) is 20.8 Å². The van der Waals surface area contributed by atoms with Crippen molar-refractivity contribution in [2.75, 3.05) is 20.3 Å². The molecular formula is C14H22FNO2. The maximum Gasteiger partial charge on any atom is 0.165 e. The Bertz CT molecular complexity index is 371. The van der Waals surface area contributed by atoms with E-state index in [0.29, 0.717) is 6.61 Å². The SMILES string of the molecule is CCOC(C)CNC(C)c1ccc(F)c(OC)c1. The van der Waals surface area contributed by atoms with Gasteiger partial charge in [-0.25, -0.2) is 4.39 Å². The van der Waals surface area contributed by atoms with Crippen LogP contribution in [0.1, 0.15) is 32.4 Å². The monoisotopic (exact) mass is 255 g/mol. The molecule has 0 spiro atoms. The summed E-state index contributed by atoms with van der Waals surface area (Å²) in [7, 11) is 1.47. The van der Waals surface area contributed by atoms with Gasteiger partial charge in [-0.2, -0.15) is 0 Å². The maximum absolute atomic E-state index is 13.3. The van der Waals surface area contributed by atoms with Gasteiger partial charge in [-0.05, 0) is 38.5 Å². The van der Waals surface area contributed by atoms with Crippen LogP contribution in [0.25, 0.3) is 0 Å². The van der Waals surface area contributed by atoms with E-state index in [1.165, 1.54) is 13.2 Å². The van der Waals surface area contributed by atoms with Crippen molar-refractivity contribution in [1.82, 2.24) is 5.32 Å². The van der Waals surface area contributed by atoms with Gasteiger partial charge in [0, 0.05) is 19.2 Å². The van der Waals surface area contributed by atoms with Gasteiger partial charge in [-0.1, -0.05) is 6.07 Å². The van der Waals surface area contributed by atoms with Gasteiger partial charge in [-0.15, -0.1) is 0 Å². The van der Waals surface area contributed by atoms with Gasteiger partial charge >= 0.3 is 0 Å². The largest absolute Gasteiger partial charge is 0.494 e. The topological polar surface area (TPSA) is 30.5 Å². The molecule has 2 atom stereocenters. The molecule has 1 N–H and O–H groups in total. The zero-order chi connectivity index (χ0) is 13.5. The Balaban J connectivity index is 2.58. The molecule has 0 amide bonds. The van der Waals surface area contributed by atoms with Crippen LogP contribution in [-0.2, 0) is 4.74 Å². The summed E-state index contributed by atoms with van der Waals surface area (Å²) in [5.41, 5.74) is 0.997. The van der Waals surface area contributed by atoms with Crippen molar-refractivity contribution < 1.29 is 13.9 Å². The van der Waals surface area contributed by atoms with Gasteiger partial charge in [0.15, 0.2) is 11.6 Å². The summed E-state index contributed by atoms with van der Waals surface area (Å²) in [6.45, 7) is 7.50. The van der Waals surface area contributed by atoms with Gasteiger partial charge in [0.05, 0.1) is 13.2 Å². The number of halogens is 1. The van der Waals surface area contributed by atoms with Crippen molar-refractivity contribution in [2.24, 2.45) is 0 Å². The molecule has 3 nitrogen and oxygen atoms in total. The number of methoxy groups -OCH3 is 1. The molecule has 0 radical (unpaired) electrons. The lowest BCUT2D eigenvalue weighted by Crippen LogP contribution is -2.29. The number of hydrogen-bond acceptors (Lipinski definition) is 3. The molecule has 18 heavy (non-hydrogen) atoms. The van der Waals surface area contributed by atoms with Crippen molar-refractivity contribution in [3.63, 3.8) is 0 Å². The van der Waals surface area contributed by atoms with Crippen LogP contribution in [0.2, 0.25) is 0 Å². The van der Waals surface area contributed by atoms with Gasteiger partial charge in [0.1, 0.15) is 0 Å². The highest BCUT2D eigenvalue weighted by molar-refractivity contribution is 5.31. The number of ether oxygens (including phenoxy) is 2. The summed E-state index contributed by atoms with van der Waals surface area (Å²) >= 11 is 0. The molecular weight excluding hydrogens is 233 g/mol. The van der Waals surface area contributed by atoms with E-state index in [1.54, 1.807) is 12.1 Å². The van der Waals surface area contributed by atoms with Crippen molar-refractivity contribution >= 4 is 0 Å². The smallest absolute Gasteiger partial charge is 0.165 e. The number of benzene rings is 1. The molecule has 0 aliphatic rings. The molecule has 0 aliphatic carbocycles. The zero-order valence-corrected chi connectivity index (χ0v) is 11.5. The fourth-order valence-corrected chi connectivity index (χ4v) is 1.75. The van der Waals surface area contributed by atoms with Crippen LogP contribution in [-0.4, -0.2) is 26.4 Å². The summed E-state index contributed by atoms with van der Waals surface area (Å²) in [5, 5.41) is 3.35. The maximum atomic E-state index is 13.3. The quantitative estimate of drug-likeness (QED) is 0.812. The lowest BCUT2D eigenvalue weighted by Gasteiger charge is -2.18. The Morgan fingerprint density at radius 3 is 2.67 bits per heavy atom. The number of rotatable bonds is 7. The van der Waals surface area contributed by atoms with E-state index in [2.05, 4.69) is 5.32 Å². The molecule has 0 aromatic heterocycles. The molecule has 0 bridgehead atoms. The van der Waals surface area contributed by atoms with Crippen molar-refractivity contribution in [3.05, 3.63) is 29.6 Å². The second kappa shape index (κ2) is 7.34. The van der Waals surface area contributed by atoms with Gasteiger partial charge in [-0.3, -0.25) is 0 Å². The van der Waals surface area contributed by atoms with Crippen LogP contribution >= 0.6 is 0 Å². The first-order chi connectivity index (χ1) is 8.58. The minimum absolute atomic E-state index is 0.127. The first-order valence-corrected chi connectivity index (χ1v) is 6.26. The standard InChI is InChI=1S/C14H22FNO2/c1-5-18-10(2)9-16-11(3)12-6-7-13(15)14(8-12)17-4/h6-8,10-11,16H,5,9H2,1-4H3. The fraction of sp³-hybridized carbons (Fsp3) is 0.571. The average Bonchev–Trinajstić information content (AvgIpc) is 2.37. The molecule has 0 fully saturated rings. The van der Waals surface area contributed by atoms with E-state index < -0.39 is 0 Å². The van der Waals surface area contributed by atoms with Gasteiger partial charge in [0.25, 0.3) is 0 Å². The highest BCUT2D eigenvalue weighted by atomic mass is 19.1. The average molecular weight is 255 g/mol. The van der Waals surface area contributed by atoms with Crippen molar-refractivity contribution in [2.45, 2.75) is 32.9 Å². The molecule has 1 aromatic carbocycles. The lowest BCUT2D eigenvalue weighted by molar-refractivity contribution is 0.0743. The normalized spacial score (nSPS) is 14.3. The minimum Gasteiger partial charge on any atom is -0.494 e. The third-order valence-corrected chi connectivity index (χ3v) is 2.84. The first-order valence-electron chi connectivity index (χ1n) is 6.26. The van der Waals surface area contributed by atoms with Crippen LogP contribution in [0.4, 0.5) is 4.39 Å². The summed E-state index contributed by atoms with van der Waals surface area (Å²) in [4.78, 5) is 0. The Morgan fingerprint density at radius 2 is 2.06 bits per heavy atom. The van der Waals surface area contributed by atoms with E-state index in [4.69, 9.17) is 9.47 Å². The summed E-state index contributed by atoms with van der Waals surface area (Å²) in [6.07, 6.45) is 0.166. The highest BCUT2D eigenvalue weighted by Gasteiger charge is 2.10. The molecule has 0 heterocycles. The third kappa shape index (κ3) is 4.27. The Labute approximate surface area is 108 Å². The molecule has 1 rings (SSSR count). The van der Waals surface area contributed by atoms with E-state index in [9.17, 15) is 4.39 Å². The van der Waals surface area contributed by atoms with Gasteiger partial charge in [0.2, 0.25) is 0 Å². The second-order valence-electron chi connectivity index (χ2n) is 4.29. The molecule has 0 saturated carbocycles. The van der Waals surface area contributed by atoms with Crippen LogP contribution in [0, 0.1) is 5.82 Å². The molecule has 0 aliphatic heterocycles. The van der Waals surface area contributed by atoms with E-state index in [-0.39, 0.29) is 23.7 Å². The zero-order valence-electron chi connectivity index (χ0n) is 11.5. The van der Waals surface area contributed by atoms with Crippen molar-refractivity contribution in [1.29, 1.82) is 0 Å². The third-order valence-electron chi connectivity index (χ3n) is 2.84. The molecule has 102 valence electrons. The summed E-state index contributed by atoms with van der Waals surface area (Å²) in [5.74, 6) is -0.0601. The summed E-state index contributed by atoms with van der Waals surface area (Å²) in [6, 6.07) is 5.04. The Morgan fingerprint density at radius 1 is 1.33 bits per heavy atom. The fourth-order valence-electron chi connectivity index (χ4n) is 1.75. The Kier molecular flexibility index (Phi) is 6.09.